The van der Waals surface area contributed by atoms with Crippen molar-refractivity contribution in [2.24, 2.45) is 22.4 Å². The summed E-state index contributed by atoms with van der Waals surface area (Å²) in [7, 11) is 0. The van der Waals surface area contributed by atoms with Crippen molar-refractivity contribution < 1.29 is 14.5 Å². The second kappa shape index (κ2) is 9.62. The second-order valence-electron chi connectivity index (χ2n) is 8.60. The summed E-state index contributed by atoms with van der Waals surface area (Å²) in [6.45, 7) is 2.54. The number of non-ortho nitro benzene ring substituents is 1. The molecule has 0 bridgehead atoms. The maximum absolute atomic E-state index is 12.5. The van der Waals surface area contributed by atoms with E-state index in [1.54, 1.807) is 18.3 Å². The van der Waals surface area contributed by atoms with E-state index in [0.29, 0.717) is 12.5 Å². The quantitative estimate of drug-likeness (QED) is 0.180. The number of ether oxygens (including phenoxy) is 1. The fraction of sp³-hybridized carbons (Fsp3) is 0.391. The third-order valence-electron chi connectivity index (χ3n) is 6.55. The van der Waals surface area contributed by atoms with Crippen molar-refractivity contribution >= 4 is 63.0 Å². The molecule has 0 unspecified atom stereocenters. The minimum Gasteiger partial charge on any atom is -0.487 e. The van der Waals surface area contributed by atoms with E-state index < -0.39 is 4.92 Å². The van der Waals surface area contributed by atoms with Crippen molar-refractivity contribution in [3.05, 3.63) is 64.8 Å². The molecule has 32 heavy (non-hydrogen) atoms. The Morgan fingerprint density at radius 3 is 2.56 bits per heavy atom. The van der Waals surface area contributed by atoms with Gasteiger partial charge in [-0.15, -0.1) is 0 Å². The van der Waals surface area contributed by atoms with Crippen LogP contribution in [0.15, 0.2) is 41.5 Å². The highest BCUT2D eigenvalue weighted by molar-refractivity contribution is 14.1. The van der Waals surface area contributed by atoms with Crippen molar-refractivity contribution in [2.45, 2.75) is 39.2 Å². The molecule has 0 aromatic heterocycles. The number of amides is 1. The molecule has 0 aliphatic heterocycles. The van der Waals surface area contributed by atoms with Gasteiger partial charge in [-0.1, -0.05) is 19.8 Å². The average molecular weight is 659 g/mol. The first kappa shape index (κ1) is 23.4. The zero-order valence-corrected chi connectivity index (χ0v) is 21.8. The number of nitro benzene ring substituents is 1. The maximum Gasteiger partial charge on any atom is 0.269 e. The Bertz CT molecular complexity index is 1050. The zero-order chi connectivity index (χ0) is 22.9. The molecule has 2 aliphatic carbocycles. The number of hydrogen-bond donors (Lipinski definition) is 1. The molecule has 4 rings (SSSR count). The summed E-state index contributed by atoms with van der Waals surface area (Å²) in [4.78, 5) is 22.9. The van der Waals surface area contributed by atoms with Gasteiger partial charge in [0.05, 0.1) is 18.3 Å². The predicted octanol–water partition coefficient (Wildman–Crippen LogP) is 5.66. The minimum absolute atomic E-state index is 0.0306. The number of hydrazone groups is 1. The molecule has 2 aliphatic rings. The van der Waals surface area contributed by atoms with Crippen LogP contribution >= 0.6 is 45.2 Å². The molecule has 0 radical (unpaired) electrons. The molecule has 0 spiro atoms. The van der Waals surface area contributed by atoms with Crippen LogP contribution in [-0.2, 0) is 11.4 Å². The lowest BCUT2D eigenvalue weighted by Crippen LogP contribution is -2.22. The Morgan fingerprint density at radius 2 is 1.97 bits per heavy atom. The van der Waals surface area contributed by atoms with Gasteiger partial charge in [0.1, 0.15) is 12.4 Å². The lowest BCUT2D eigenvalue weighted by Gasteiger charge is -2.15. The third-order valence-corrected chi connectivity index (χ3v) is 8.16. The van der Waals surface area contributed by atoms with E-state index in [0.717, 1.165) is 36.9 Å². The minimum atomic E-state index is -0.419. The van der Waals surface area contributed by atoms with Crippen LogP contribution < -0.4 is 10.2 Å². The molecule has 168 valence electrons. The summed E-state index contributed by atoms with van der Waals surface area (Å²) in [5.74, 6) is 1.39. The lowest BCUT2D eigenvalue weighted by molar-refractivity contribution is -0.384. The topological polar surface area (TPSA) is 93.8 Å². The smallest absolute Gasteiger partial charge is 0.269 e. The number of nitro groups is 1. The predicted molar refractivity (Wildman–Crippen MR) is 139 cm³/mol. The number of nitrogens with one attached hydrogen (secondary N) is 1. The largest absolute Gasteiger partial charge is 0.487 e. The van der Waals surface area contributed by atoms with E-state index in [2.05, 4.69) is 62.6 Å². The summed E-state index contributed by atoms with van der Waals surface area (Å²) < 4.78 is 7.80. The number of fused-ring (bicyclic) bond motifs is 1. The molecule has 1 N–H and O–H groups in total. The molecule has 3 atom stereocenters. The highest BCUT2D eigenvalue weighted by Gasteiger charge is 2.64. The van der Waals surface area contributed by atoms with Gasteiger partial charge in [-0.25, -0.2) is 5.43 Å². The van der Waals surface area contributed by atoms with Gasteiger partial charge in [0, 0.05) is 18.1 Å². The molecule has 7 nitrogen and oxygen atoms in total. The van der Waals surface area contributed by atoms with Gasteiger partial charge in [-0.2, -0.15) is 5.10 Å². The fourth-order valence-electron chi connectivity index (χ4n) is 4.75. The van der Waals surface area contributed by atoms with Gasteiger partial charge in [0.2, 0.25) is 5.91 Å². The SMILES string of the molecule is C[C@]12CCCC[C@@H]1[C@H]2C(=O)N/N=C\c1cc(I)c(OCc2ccc([N+](=O)[O-])cc2)c(I)c1. The molecule has 2 saturated carbocycles. The summed E-state index contributed by atoms with van der Waals surface area (Å²) in [5, 5.41) is 15.0. The van der Waals surface area contributed by atoms with E-state index in [1.165, 1.54) is 25.0 Å². The molecule has 0 saturated heterocycles. The number of halogens is 2. The lowest BCUT2D eigenvalue weighted by atomic mass is 9.90. The maximum atomic E-state index is 12.5. The zero-order valence-electron chi connectivity index (χ0n) is 17.5. The van der Waals surface area contributed by atoms with Crippen molar-refractivity contribution in [2.75, 3.05) is 0 Å². The van der Waals surface area contributed by atoms with Gasteiger partial charge < -0.3 is 4.74 Å². The van der Waals surface area contributed by atoms with E-state index in [9.17, 15) is 14.9 Å². The van der Waals surface area contributed by atoms with E-state index in [-0.39, 0.29) is 22.9 Å². The van der Waals surface area contributed by atoms with Crippen LogP contribution in [0.1, 0.15) is 43.7 Å². The van der Waals surface area contributed by atoms with Crippen molar-refractivity contribution in [3.8, 4) is 5.75 Å². The molecule has 0 heterocycles. The number of benzene rings is 2. The van der Waals surface area contributed by atoms with Gasteiger partial charge in [-0.05, 0) is 105 Å². The number of nitrogens with zero attached hydrogens (tertiary/aromatic N) is 2. The van der Waals surface area contributed by atoms with Crippen LogP contribution in [0.2, 0.25) is 0 Å². The number of carbonyl (C=O) groups is 1. The van der Waals surface area contributed by atoms with Crippen LogP contribution in [0.3, 0.4) is 0 Å². The Morgan fingerprint density at radius 1 is 1.28 bits per heavy atom. The van der Waals surface area contributed by atoms with Crippen LogP contribution in [0.5, 0.6) is 5.75 Å². The van der Waals surface area contributed by atoms with Crippen molar-refractivity contribution in [1.82, 2.24) is 5.43 Å². The number of hydrogen-bond acceptors (Lipinski definition) is 5. The standard InChI is InChI=1S/C23H23I2N3O4/c1-23-9-3-2-4-17(23)20(23)22(29)27-26-12-15-10-18(24)21(19(25)11-15)32-13-14-5-7-16(8-6-14)28(30)31/h5-8,10-12,17,20H,2-4,9,13H2,1H3,(H,27,29)/b26-12-/t17-,20+,23+/m1/s1. The van der Waals surface area contributed by atoms with Gasteiger partial charge >= 0.3 is 0 Å². The van der Waals surface area contributed by atoms with Crippen molar-refractivity contribution in [3.63, 3.8) is 0 Å². The van der Waals surface area contributed by atoms with Gasteiger partial charge in [0.15, 0.2) is 0 Å². The van der Waals surface area contributed by atoms with E-state index in [4.69, 9.17) is 4.74 Å². The molecule has 2 aromatic rings. The van der Waals surface area contributed by atoms with Gasteiger partial charge in [0.25, 0.3) is 5.69 Å². The molecule has 9 heteroatoms. The summed E-state index contributed by atoms with van der Waals surface area (Å²) >= 11 is 4.42. The van der Waals surface area contributed by atoms with Gasteiger partial charge in [-0.3, -0.25) is 14.9 Å². The van der Waals surface area contributed by atoms with Crippen molar-refractivity contribution in [1.29, 1.82) is 0 Å². The highest BCUT2D eigenvalue weighted by atomic mass is 127. The van der Waals surface area contributed by atoms with Crippen LogP contribution in [0.25, 0.3) is 0 Å². The van der Waals surface area contributed by atoms with Crippen LogP contribution in [-0.4, -0.2) is 17.0 Å². The first-order chi connectivity index (χ1) is 15.3. The Hall–Kier alpha value is -1.76. The Balaban J connectivity index is 1.35. The third kappa shape index (κ3) is 4.92. The Kier molecular flexibility index (Phi) is 7.03. The highest BCUT2D eigenvalue weighted by Crippen LogP contribution is 2.66. The molecular weight excluding hydrogens is 636 g/mol. The summed E-state index contributed by atoms with van der Waals surface area (Å²) in [5.41, 5.74) is 4.69. The van der Waals surface area contributed by atoms with Crippen LogP contribution in [0.4, 0.5) is 5.69 Å². The Labute approximate surface area is 213 Å². The second-order valence-corrected chi connectivity index (χ2v) is 10.9. The summed E-state index contributed by atoms with van der Waals surface area (Å²) in [6.07, 6.45) is 6.39. The summed E-state index contributed by atoms with van der Waals surface area (Å²) in [6, 6.07) is 10.2. The normalized spacial score (nSPS) is 24.1. The monoisotopic (exact) mass is 659 g/mol. The average Bonchev–Trinajstić information content (AvgIpc) is 3.39. The van der Waals surface area contributed by atoms with E-state index >= 15 is 0 Å². The fourth-order valence-corrected chi connectivity index (χ4v) is 6.88. The molecule has 1 amide bonds. The first-order valence-electron chi connectivity index (χ1n) is 10.5. The molecule has 2 aromatic carbocycles. The number of carbonyl (C=O) groups excluding carboxylic acids is 1. The number of rotatable bonds is 7. The molecule has 2 fully saturated rings. The van der Waals surface area contributed by atoms with Crippen LogP contribution in [0, 0.1) is 34.5 Å². The molecular formula is C23H23I2N3O4. The first-order valence-corrected chi connectivity index (χ1v) is 12.6. The van der Waals surface area contributed by atoms with E-state index in [1.807, 2.05) is 12.1 Å².